The normalized spacial score (nSPS) is 13.9. The molecule has 0 radical (unpaired) electrons. The summed E-state index contributed by atoms with van der Waals surface area (Å²) in [6.07, 6.45) is 1.85. The molecule has 7 heteroatoms. The number of nitrogens with one attached hydrogen (secondary N) is 2. The number of fused-ring (bicyclic) bond motifs is 2. The standard InChI is InChI=1S/C18H16FN3O3/c1-9-16(17-13(23)3-2-4-14(17)25-9)18(24)20-8-15-21-11-6-5-10(19)7-12(11)22-15/h5-7H,2-4,8H2,1H3,(H,20,24)(H,21,22). The van der Waals surface area contributed by atoms with Gasteiger partial charge in [0, 0.05) is 12.8 Å². The first-order valence-corrected chi connectivity index (χ1v) is 8.10. The summed E-state index contributed by atoms with van der Waals surface area (Å²) in [7, 11) is 0. The van der Waals surface area contributed by atoms with Crippen LogP contribution in [0.5, 0.6) is 0 Å². The van der Waals surface area contributed by atoms with E-state index in [1.165, 1.54) is 12.1 Å². The van der Waals surface area contributed by atoms with Gasteiger partial charge in [0.25, 0.3) is 5.91 Å². The lowest BCUT2D eigenvalue weighted by Gasteiger charge is -2.10. The van der Waals surface area contributed by atoms with Crippen LogP contribution in [0.25, 0.3) is 11.0 Å². The molecule has 2 aromatic heterocycles. The Morgan fingerprint density at radius 3 is 3.08 bits per heavy atom. The number of ketones is 1. The van der Waals surface area contributed by atoms with E-state index in [2.05, 4.69) is 15.3 Å². The van der Waals surface area contributed by atoms with E-state index in [-0.39, 0.29) is 24.1 Å². The van der Waals surface area contributed by atoms with Crippen molar-refractivity contribution in [2.45, 2.75) is 32.7 Å². The second kappa shape index (κ2) is 5.84. The number of hydrogen-bond donors (Lipinski definition) is 2. The Labute approximate surface area is 142 Å². The molecule has 3 aromatic rings. The van der Waals surface area contributed by atoms with E-state index in [9.17, 15) is 14.0 Å². The lowest BCUT2D eigenvalue weighted by atomic mass is 9.93. The number of nitrogens with zero attached hydrogens (tertiary/aromatic N) is 1. The minimum absolute atomic E-state index is 0.0533. The molecule has 1 aromatic carbocycles. The molecular weight excluding hydrogens is 325 g/mol. The summed E-state index contributed by atoms with van der Waals surface area (Å²) in [6.45, 7) is 1.83. The summed E-state index contributed by atoms with van der Waals surface area (Å²) in [5.41, 5.74) is 1.91. The van der Waals surface area contributed by atoms with Crippen LogP contribution in [0, 0.1) is 12.7 Å². The third-order valence-electron chi connectivity index (χ3n) is 4.38. The van der Waals surface area contributed by atoms with Crippen molar-refractivity contribution in [2.75, 3.05) is 0 Å². The van der Waals surface area contributed by atoms with Gasteiger partial charge in [-0.15, -0.1) is 0 Å². The van der Waals surface area contributed by atoms with E-state index in [0.29, 0.717) is 52.3 Å². The molecule has 4 rings (SSSR count). The van der Waals surface area contributed by atoms with E-state index in [1.54, 1.807) is 13.0 Å². The molecule has 0 spiro atoms. The van der Waals surface area contributed by atoms with Gasteiger partial charge in [-0.2, -0.15) is 0 Å². The fraction of sp³-hybridized carbons (Fsp3) is 0.278. The number of aromatic amines is 1. The monoisotopic (exact) mass is 341 g/mol. The molecule has 2 N–H and O–H groups in total. The third-order valence-corrected chi connectivity index (χ3v) is 4.38. The highest BCUT2D eigenvalue weighted by atomic mass is 19.1. The number of aromatic nitrogens is 2. The van der Waals surface area contributed by atoms with E-state index in [4.69, 9.17) is 4.42 Å². The van der Waals surface area contributed by atoms with Crippen molar-refractivity contribution in [3.8, 4) is 0 Å². The van der Waals surface area contributed by atoms with Crippen molar-refractivity contribution in [1.82, 2.24) is 15.3 Å². The highest BCUT2D eigenvalue weighted by Gasteiger charge is 2.30. The summed E-state index contributed by atoms with van der Waals surface area (Å²) in [6, 6.07) is 4.25. The Morgan fingerprint density at radius 1 is 1.40 bits per heavy atom. The number of hydrogen-bond acceptors (Lipinski definition) is 4. The van der Waals surface area contributed by atoms with Crippen molar-refractivity contribution in [3.05, 3.63) is 52.5 Å². The predicted molar refractivity (Wildman–Crippen MR) is 87.9 cm³/mol. The fourth-order valence-corrected chi connectivity index (χ4v) is 3.25. The highest BCUT2D eigenvalue weighted by molar-refractivity contribution is 6.09. The number of H-pyrrole nitrogens is 1. The van der Waals surface area contributed by atoms with Crippen LogP contribution in [0.3, 0.4) is 0 Å². The molecule has 1 aliphatic carbocycles. The molecule has 128 valence electrons. The second-order valence-electron chi connectivity index (χ2n) is 6.14. The van der Waals surface area contributed by atoms with Crippen LogP contribution in [-0.2, 0) is 13.0 Å². The molecule has 1 amide bonds. The minimum atomic E-state index is -0.371. The van der Waals surface area contributed by atoms with Gasteiger partial charge >= 0.3 is 0 Å². The van der Waals surface area contributed by atoms with Crippen molar-refractivity contribution in [1.29, 1.82) is 0 Å². The Bertz CT molecular complexity index is 1000. The maximum atomic E-state index is 13.2. The zero-order valence-electron chi connectivity index (χ0n) is 13.6. The topological polar surface area (TPSA) is 88.0 Å². The second-order valence-corrected chi connectivity index (χ2v) is 6.14. The first kappa shape index (κ1) is 15.6. The van der Waals surface area contributed by atoms with Crippen LogP contribution in [0.4, 0.5) is 4.39 Å². The number of benzene rings is 1. The molecule has 1 aliphatic rings. The van der Waals surface area contributed by atoms with E-state index < -0.39 is 0 Å². The summed E-state index contributed by atoms with van der Waals surface area (Å²) >= 11 is 0. The molecule has 0 saturated heterocycles. The highest BCUT2D eigenvalue weighted by Crippen LogP contribution is 2.29. The van der Waals surface area contributed by atoms with Gasteiger partial charge in [-0.05, 0) is 31.5 Å². The van der Waals surface area contributed by atoms with Crippen LogP contribution < -0.4 is 5.32 Å². The molecule has 25 heavy (non-hydrogen) atoms. The molecule has 6 nitrogen and oxygen atoms in total. The summed E-state index contributed by atoms with van der Waals surface area (Å²) in [5, 5.41) is 2.75. The summed E-state index contributed by atoms with van der Waals surface area (Å²) in [5.74, 6) is 0.774. The Kier molecular flexibility index (Phi) is 3.63. The van der Waals surface area contributed by atoms with Crippen LogP contribution >= 0.6 is 0 Å². The zero-order chi connectivity index (χ0) is 17.6. The Morgan fingerprint density at radius 2 is 2.24 bits per heavy atom. The molecule has 0 atom stereocenters. The van der Waals surface area contributed by atoms with Crippen LogP contribution in [0.1, 0.15) is 50.9 Å². The number of rotatable bonds is 3. The number of aryl methyl sites for hydroxylation is 2. The number of imidazole rings is 1. The molecule has 0 fully saturated rings. The van der Waals surface area contributed by atoms with Crippen LogP contribution in [-0.4, -0.2) is 21.7 Å². The molecule has 2 heterocycles. The van der Waals surface area contributed by atoms with Gasteiger partial charge in [-0.3, -0.25) is 9.59 Å². The van der Waals surface area contributed by atoms with Crippen molar-refractivity contribution in [3.63, 3.8) is 0 Å². The maximum Gasteiger partial charge on any atom is 0.255 e. The number of halogens is 1. The zero-order valence-corrected chi connectivity index (χ0v) is 13.6. The van der Waals surface area contributed by atoms with Gasteiger partial charge < -0.3 is 14.7 Å². The smallest absolute Gasteiger partial charge is 0.255 e. The van der Waals surface area contributed by atoms with E-state index in [0.717, 1.165) is 6.42 Å². The van der Waals surface area contributed by atoms with Gasteiger partial charge in [-0.1, -0.05) is 0 Å². The lowest BCUT2D eigenvalue weighted by molar-refractivity contribution is 0.0925. The number of amides is 1. The van der Waals surface area contributed by atoms with Crippen LogP contribution in [0.15, 0.2) is 22.6 Å². The van der Waals surface area contributed by atoms with Crippen molar-refractivity contribution >= 4 is 22.7 Å². The molecule has 0 bridgehead atoms. The first-order valence-electron chi connectivity index (χ1n) is 8.10. The quantitative estimate of drug-likeness (QED) is 0.766. The van der Waals surface area contributed by atoms with Gasteiger partial charge in [-0.25, -0.2) is 9.37 Å². The molecule has 0 aliphatic heterocycles. The lowest BCUT2D eigenvalue weighted by Crippen LogP contribution is -2.26. The SMILES string of the molecule is Cc1oc2c(c1C(=O)NCc1nc3ccc(F)cc3[nH]1)C(=O)CCC2. The van der Waals surface area contributed by atoms with Crippen molar-refractivity contribution < 1.29 is 18.4 Å². The van der Waals surface area contributed by atoms with E-state index in [1.807, 2.05) is 0 Å². The van der Waals surface area contributed by atoms with Gasteiger partial charge in [0.1, 0.15) is 23.2 Å². The fourth-order valence-electron chi connectivity index (χ4n) is 3.25. The number of furan rings is 1. The Hall–Kier alpha value is -2.96. The van der Waals surface area contributed by atoms with Gasteiger partial charge in [0.15, 0.2) is 5.78 Å². The number of Topliss-reactive ketones (excluding diaryl/α,β-unsaturated/α-hetero) is 1. The molecule has 0 saturated carbocycles. The van der Waals surface area contributed by atoms with Crippen LogP contribution in [0.2, 0.25) is 0 Å². The minimum Gasteiger partial charge on any atom is -0.465 e. The molecular formula is C18H16FN3O3. The average Bonchev–Trinajstić information content (AvgIpc) is 3.12. The molecule has 0 unspecified atom stereocenters. The van der Waals surface area contributed by atoms with Gasteiger partial charge in [0.05, 0.1) is 28.7 Å². The number of carbonyl (C=O) groups is 2. The summed E-state index contributed by atoms with van der Waals surface area (Å²) in [4.78, 5) is 32.0. The van der Waals surface area contributed by atoms with Gasteiger partial charge in [0.2, 0.25) is 0 Å². The van der Waals surface area contributed by atoms with E-state index >= 15 is 0 Å². The predicted octanol–water partition coefficient (Wildman–Crippen LogP) is 3.05. The number of carbonyl (C=O) groups excluding carboxylic acids is 2. The third kappa shape index (κ3) is 2.71. The van der Waals surface area contributed by atoms with Crippen molar-refractivity contribution in [2.24, 2.45) is 0 Å². The first-order chi connectivity index (χ1) is 12.0. The Balaban J connectivity index is 1.56. The average molecular weight is 341 g/mol. The largest absolute Gasteiger partial charge is 0.465 e. The summed E-state index contributed by atoms with van der Waals surface area (Å²) < 4.78 is 18.8. The maximum absolute atomic E-state index is 13.2.